The van der Waals surface area contributed by atoms with E-state index in [1.165, 1.54) is 22.3 Å². The third-order valence-corrected chi connectivity index (χ3v) is 6.26. The fourth-order valence-corrected chi connectivity index (χ4v) is 4.97. The van der Waals surface area contributed by atoms with Crippen LogP contribution in [0.25, 0.3) is 11.3 Å². The summed E-state index contributed by atoms with van der Waals surface area (Å²) in [5.41, 5.74) is 6.22. The van der Waals surface area contributed by atoms with Crippen LogP contribution in [0, 0.1) is 0 Å². The average Bonchev–Trinajstić information content (AvgIpc) is 2.76. The maximum atomic E-state index is 6.22. The van der Waals surface area contributed by atoms with Crippen molar-refractivity contribution in [2.75, 3.05) is 19.7 Å². The molecule has 4 nitrogen and oxygen atoms in total. The number of ether oxygens (including phenoxy) is 2. The van der Waals surface area contributed by atoms with Crippen molar-refractivity contribution in [2.45, 2.75) is 85.5 Å². The Balaban J connectivity index is 2.06. The summed E-state index contributed by atoms with van der Waals surface area (Å²) in [5.74, 6) is 0.978. The molecule has 2 aromatic rings. The van der Waals surface area contributed by atoms with Gasteiger partial charge >= 0.3 is 0 Å². The molecular formula is C27H40N2O2. The average molecular weight is 425 g/mol. The van der Waals surface area contributed by atoms with Gasteiger partial charge in [0.2, 0.25) is 0 Å². The van der Waals surface area contributed by atoms with Crippen molar-refractivity contribution >= 4 is 0 Å². The van der Waals surface area contributed by atoms with E-state index in [4.69, 9.17) is 14.5 Å². The zero-order chi connectivity index (χ0) is 22.4. The maximum absolute atomic E-state index is 6.22. The van der Waals surface area contributed by atoms with E-state index in [1.54, 1.807) is 0 Å². The summed E-state index contributed by atoms with van der Waals surface area (Å²) < 4.78 is 12.2. The second kappa shape index (κ2) is 11.1. The summed E-state index contributed by atoms with van der Waals surface area (Å²) in [6.45, 7) is 15.6. The number of hydrogen-bond donors (Lipinski definition) is 0. The molecule has 31 heavy (non-hydrogen) atoms. The van der Waals surface area contributed by atoms with Crippen molar-refractivity contribution in [3.8, 4) is 17.0 Å². The standard InChI is InChI=1S/C27H40N2O2/c1-7-12-25(29-17-19(5)31-20(6)18-29)23-16-28-24(15-26(23)30-10-4)27-21(8-2)13-11-14-22(27)9-3/h11,13-16,19-20,25H,7-10,12,17-18H2,1-6H3/t19-,20-,25?/m0/s1. The molecule has 1 fully saturated rings. The number of rotatable bonds is 9. The first-order chi connectivity index (χ1) is 15.0. The highest BCUT2D eigenvalue weighted by atomic mass is 16.5. The van der Waals surface area contributed by atoms with Gasteiger partial charge in [-0.05, 0) is 51.2 Å². The van der Waals surface area contributed by atoms with E-state index >= 15 is 0 Å². The van der Waals surface area contributed by atoms with Crippen LogP contribution in [0.15, 0.2) is 30.5 Å². The van der Waals surface area contributed by atoms with Crippen molar-refractivity contribution in [3.63, 3.8) is 0 Å². The van der Waals surface area contributed by atoms with Crippen LogP contribution in [0.1, 0.15) is 77.1 Å². The predicted octanol–water partition coefficient (Wildman–Crippen LogP) is 6.22. The lowest BCUT2D eigenvalue weighted by Crippen LogP contribution is -2.47. The summed E-state index contributed by atoms with van der Waals surface area (Å²) in [6, 6.07) is 9.09. The Morgan fingerprint density at radius 1 is 1.06 bits per heavy atom. The summed E-state index contributed by atoms with van der Waals surface area (Å²) in [5, 5.41) is 0. The molecule has 0 bridgehead atoms. The normalized spacial score (nSPS) is 20.6. The molecule has 0 N–H and O–H groups in total. The van der Waals surface area contributed by atoms with Crippen LogP contribution in [-0.4, -0.2) is 41.8 Å². The summed E-state index contributed by atoms with van der Waals surface area (Å²) >= 11 is 0. The van der Waals surface area contributed by atoms with Gasteiger partial charge in [0.25, 0.3) is 0 Å². The Morgan fingerprint density at radius 3 is 2.26 bits per heavy atom. The van der Waals surface area contributed by atoms with Gasteiger partial charge in [0.05, 0.1) is 24.5 Å². The molecule has 0 saturated carbocycles. The quantitative estimate of drug-likeness (QED) is 0.478. The van der Waals surface area contributed by atoms with Crippen LogP contribution in [0.4, 0.5) is 0 Å². The molecular weight excluding hydrogens is 384 g/mol. The van der Waals surface area contributed by atoms with Crippen LogP contribution >= 0.6 is 0 Å². The lowest BCUT2D eigenvalue weighted by molar-refractivity contribution is -0.0822. The predicted molar refractivity (Wildman–Crippen MR) is 129 cm³/mol. The van der Waals surface area contributed by atoms with Gasteiger partial charge in [0.1, 0.15) is 5.75 Å². The van der Waals surface area contributed by atoms with E-state index in [9.17, 15) is 0 Å². The molecule has 2 heterocycles. The van der Waals surface area contributed by atoms with Crippen LogP contribution in [0.3, 0.4) is 0 Å². The van der Waals surface area contributed by atoms with Gasteiger partial charge in [-0.2, -0.15) is 0 Å². The second-order valence-electron chi connectivity index (χ2n) is 8.71. The van der Waals surface area contributed by atoms with Crippen LogP contribution in [0.2, 0.25) is 0 Å². The zero-order valence-electron chi connectivity index (χ0n) is 20.3. The highest BCUT2D eigenvalue weighted by molar-refractivity contribution is 5.69. The van der Waals surface area contributed by atoms with Crippen molar-refractivity contribution < 1.29 is 9.47 Å². The first-order valence-electron chi connectivity index (χ1n) is 12.2. The van der Waals surface area contributed by atoms with Crippen LogP contribution in [-0.2, 0) is 17.6 Å². The molecule has 0 aliphatic carbocycles. The first kappa shape index (κ1) is 23.7. The molecule has 0 amide bonds. The highest BCUT2D eigenvalue weighted by Gasteiger charge is 2.30. The van der Waals surface area contributed by atoms with Crippen LogP contribution in [0.5, 0.6) is 5.75 Å². The van der Waals surface area contributed by atoms with Gasteiger partial charge in [-0.3, -0.25) is 9.88 Å². The number of aryl methyl sites for hydroxylation is 2. The minimum atomic E-state index is 0.245. The molecule has 0 spiro atoms. The molecule has 1 saturated heterocycles. The number of hydrogen-bond acceptors (Lipinski definition) is 4. The Bertz CT molecular complexity index is 819. The zero-order valence-corrected chi connectivity index (χ0v) is 20.3. The van der Waals surface area contributed by atoms with Crippen LogP contribution < -0.4 is 4.74 Å². The molecule has 1 aromatic heterocycles. The molecule has 1 aliphatic heterocycles. The molecule has 3 atom stereocenters. The fourth-order valence-electron chi connectivity index (χ4n) is 4.97. The number of pyridine rings is 1. The van der Waals surface area contributed by atoms with Gasteiger partial charge in [-0.25, -0.2) is 0 Å². The van der Waals surface area contributed by atoms with E-state index in [1.807, 2.05) is 0 Å². The Hall–Kier alpha value is -1.91. The SMILES string of the molecule is CCCC(c1cnc(-c2c(CC)cccc2CC)cc1OCC)N1C[C@H](C)O[C@@H](C)C1. The minimum Gasteiger partial charge on any atom is -0.493 e. The number of benzene rings is 1. The Morgan fingerprint density at radius 2 is 1.71 bits per heavy atom. The summed E-state index contributed by atoms with van der Waals surface area (Å²) in [7, 11) is 0. The van der Waals surface area contributed by atoms with E-state index in [2.05, 4.69) is 76.9 Å². The number of morpholine rings is 1. The summed E-state index contributed by atoms with van der Waals surface area (Å²) in [4.78, 5) is 7.58. The first-order valence-corrected chi connectivity index (χ1v) is 12.2. The topological polar surface area (TPSA) is 34.6 Å². The van der Waals surface area contributed by atoms with E-state index in [0.717, 1.165) is 50.2 Å². The maximum Gasteiger partial charge on any atom is 0.127 e. The number of aromatic nitrogens is 1. The van der Waals surface area contributed by atoms with E-state index in [0.29, 0.717) is 12.6 Å². The van der Waals surface area contributed by atoms with Gasteiger partial charge in [0, 0.05) is 42.5 Å². The smallest absolute Gasteiger partial charge is 0.127 e. The number of nitrogens with zero attached hydrogens (tertiary/aromatic N) is 2. The monoisotopic (exact) mass is 424 g/mol. The molecule has 170 valence electrons. The van der Waals surface area contributed by atoms with E-state index < -0.39 is 0 Å². The molecule has 0 radical (unpaired) electrons. The van der Waals surface area contributed by atoms with Crippen molar-refractivity contribution in [3.05, 3.63) is 47.2 Å². The third kappa shape index (κ3) is 5.48. The third-order valence-electron chi connectivity index (χ3n) is 6.26. The van der Waals surface area contributed by atoms with Gasteiger partial charge in [-0.1, -0.05) is 45.4 Å². The van der Waals surface area contributed by atoms with Crippen molar-refractivity contribution in [1.29, 1.82) is 0 Å². The fraction of sp³-hybridized carbons (Fsp3) is 0.593. The minimum absolute atomic E-state index is 0.245. The van der Waals surface area contributed by atoms with Gasteiger partial charge in [-0.15, -0.1) is 0 Å². The highest BCUT2D eigenvalue weighted by Crippen LogP contribution is 2.37. The Kier molecular flexibility index (Phi) is 8.50. The lowest BCUT2D eigenvalue weighted by Gasteiger charge is -2.40. The summed E-state index contributed by atoms with van der Waals surface area (Å²) in [6.07, 6.45) is 6.78. The molecule has 1 aromatic carbocycles. The molecule has 3 rings (SSSR count). The van der Waals surface area contributed by atoms with Gasteiger partial charge < -0.3 is 9.47 Å². The van der Waals surface area contributed by atoms with Crippen molar-refractivity contribution in [1.82, 2.24) is 9.88 Å². The van der Waals surface area contributed by atoms with Crippen molar-refractivity contribution in [2.24, 2.45) is 0 Å². The van der Waals surface area contributed by atoms with Gasteiger partial charge in [0.15, 0.2) is 0 Å². The molecule has 4 heteroatoms. The van der Waals surface area contributed by atoms with E-state index in [-0.39, 0.29) is 12.2 Å². The lowest BCUT2D eigenvalue weighted by atomic mass is 9.93. The largest absolute Gasteiger partial charge is 0.493 e. The second-order valence-corrected chi connectivity index (χ2v) is 8.71. The Labute approximate surface area is 189 Å². The molecule has 1 aliphatic rings. The molecule has 1 unspecified atom stereocenters.